The Bertz CT molecular complexity index is 1020. The van der Waals surface area contributed by atoms with Crippen molar-refractivity contribution in [1.82, 2.24) is 19.8 Å². The number of anilines is 1. The number of nitrogens with zero attached hydrogens (tertiary/aromatic N) is 5. The van der Waals surface area contributed by atoms with Gasteiger partial charge in [-0.25, -0.2) is 9.98 Å². The first kappa shape index (κ1) is 20.1. The van der Waals surface area contributed by atoms with Gasteiger partial charge in [0.05, 0.1) is 23.8 Å². The Balaban J connectivity index is 1.46. The fourth-order valence-corrected chi connectivity index (χ4v) is 3.96. The third-order valence-corrected chi connectivity index (χ3v) is 5.59. The molecule has 0 aliphatic carbocycles. The number of para-hydroxylation sites is 4. The lowest BCUT2D eigenvalue weighted by Gasteiger charge is -2.38. The van der Waals surface area contributed by atoms with E-state index in [0.717, 1.165) is 67.0 Å². The number of fused-ring (bicyclic) bond motifs is 1. The Labute approximate surface area is 178 Å². The Kier molecular flexibility index (Phi) is 6.07. The van der Waals surface area contributed by atoms with E-state index in [1.807, 2.05) is 30.3 Å². The minimum absolute atomic E-state index is 0.556. The van der Waals surface area contributed by atoms with Crippen molar-refractivity contribution < 1.29 is 4.74 Å². The van der Waals surface area contributed by atoms with Crippen molar-refractivity contribution in [3.05, 3.63) is 54.4 Å². The summed E-state index contributed by atoms with van der Waals surface area (Å²) in [4.78, 5) is 14.4. The number of benzene rings is 2. The molecule has 2 aromatic carbocycles. The van der Waals surface area contributed by atoms with Gasteiger partial charge in [0.2, 0.25) is 0 Å². The molecule has 1 saturated heterocycles. The molecule has 0 unspecified atom stereocenters. The second-order valence-corrected chi connectivity index (χ2v) is 7.39. The van der Waals surface area contributed by atoms with E-state index in [2.05, 4.69) is 51.9 Å². The fourth-order valence-electron chi connectivity index (χ4n) is 3.96. The normalized spacial score (nSPS) is 15.0. The van der Waals surface area contributed by atoms with Gasteiger partial charge in [0.25, 0.3) is 0 Å². The summed E-state index contributed by atoms with van der Waals surface area (Å²) in [5.74, 6) is 2.84. The molecule has 0 spiro atoms. The van der Waals surface area contributed by atoms with Crippen LogP contribution in [0.25, 0.3) is 11.0 Å². The summed E-state index contributed by atoms with van der Waals surface area (Å²) in [5.41, 5.74) is 3.31. The molecule has 30 heavy (non-hydrogen) atoms. The van der Waals surface area contributed by atoms with E-state index in [9.17, 15) is 0 Å². The first-order valence-corrected chi connectivity index (χ1v) is 10.5. The van der Waals surface area contributed by atoms with E-state index < -0.39 is 0 Å². The molecule has 7 nitrogen and oxygen atoms in total. The van der Waals surface area contributed by atoms with Crippen LogP contribution in [0.15, 0.2) is 53.5 Å². The van der Waals surface area contributed by atoms with Crippen LogP contribution in [-0.2, 0) is 13.6 Å². The van der Waals surface area contributed by atoms with Crippen molar-refractivity contribution in [2.24, 2.45) is 12.0 Å². The lowest BCUT2D eigenvalue weighted by molar-refractivity contribution is 0.367. The van der Waals surface area contributed by atoms with Crippen LogP contribution < -0.4 is 15.0 Å². The lowest BCUT2D eigenvalue weighted by Crippen LogP contribution is -2.52. The molecular weight excluding hydrogens is 376 g/mol. The highest BCUT2D eigenvalue weighted by molar-refractivity contribution is 5.80. The van der Waals surface area contributed by atoms with Crippen molar-refractivity contribution in [3.8, 4) is 5.75 Å². The Morgan fingerprint density at radius 1 is 1.07 bits per heavy atom. The summed E-state index contributed by atoms with van der Waals surface area (Å²) in [6.45, 7) is 7.18. The molecule has 1 aromatic heterocycles. The minimum Gasteiger partial charge on any atom is -0.495 e. The number of guanidine groups is 1. The first-order chi connectivity index (χ1) is 14.7. The maximum absolute atomic E-state index is 5.53. The van der Waals surface area contributed by atoms with Crippen LogP contribution in [0, 0.1) is 0 Å². The number of aryl methyl sites for hydroxylation is 1. The minimum atomic E-state index is 0.556. The first-order valence-electron chi connectivity index (χ1n) is 10.5. The number of nitrogens with one attached hydrogen (secondary N) is 1. The molecular formula is C23H30N6O. The molecule has 0 atom stereocenters. The summed E-state index contributed by atoms with van der Waals surface area (Å²) in [6, 6.07) is 16.4. The molecule has 1 N–H and O–H groups in total. The van der Waals surface area contributed by atoms with E-state index in [1.165, 1.54) is 0 Å². The molecule has 1 aliphatic heterocycles. The maximum atomic E-state index is 5.53. The van der Waals surface area contributed by atoms with E-state index in [0.29, 0.717) is 6.54 Å². The smallest absolute Gasteiger partial charge is 0.194 e. The SMILES string of the molecule is CCNC(=NCc1nc2ccccc2n1C)N1CCN(c2ccccc2OC)CC1. The van der Waals surface area contributed by atoms with Gasteiger partial charge < -0.3 is 24.4 Å². The second-order valence-electron chi connectivity index (χ2n) is 7.39. The highest BCUT2D eigenvalue weighted by atomic mass is 16.5. The third-order valence-electron chi connectivity index (χ3n) is 5.59. The largest absolute Gasteiger partial charge is 0.495 e. The fraction of sp³-hybridized carbons (Fsp3) is 0.391. The van der Waals surface area contributed by atoms with Crippen molar-refractivity contribution in [2.75, 3.05) is 44.7 Å². The molecule has 0 saturated carbocycles. The highest BCUT2D eigenvalue weighted by Gasteiger charge is 2.21. The summed E-state index contributed by atoms with van der Waals surface area (Å²) in [7, 11) is 3.78. The quantitative estimate of drug-likeness (QED) is 0.522. The molecule has 2 heterocycles. The number of aliphatic imine (C=N–C) groups is 1. The van der Waals surface area contributed by atoms with E-state index in [4.69, 9.17) is 14.7 Å². The topological polar surface area (TPSA) is 57.9 Å². The van der Waals surface area contributed by atoms with Crippen LogP contribution in [0.2, 0.25) is 0 Å². The third kappa shape index (κ3) is 4.06. The van der Waals surface area contributed by atoms with E-state index in [1.54, 1.807) is 7.11 Å². The van der Waals surface area contributed by atoms with Crippen LogP contribution in [0.1, 0.15) is 12.7 Å². The van der Waals surface area contributed by atoms with Gasteiger partial charge >= 0.3 is 0 Å². The van der Waals surface area contributed by atoms with Gasteiger partial charge in [0, 0.05) is 39.8 Å². The summed E-state index contributed by atoms with van der Waals surface area (Å²) in [5, 5.41) is 3.45. The van der Waals surface area contributed by atoms with Gasteiger partial charge in [0.1, 0.15) is 18.1 Å². The second kappa shape index (κ2) is 9.07. The van der Waals surface area contributed by atoms with Crippen LogP contribution in [0.4, 0.5) is 5.69 Å². The van der Waals surface area contributed by atoms with Gasteiger partial charge in [-0.05, 0) is 31.2 Å². The highest BCUT2D eigenvalue weighted by Crippen LogP contribution is 2.28. The molecule has 3 aromatic rings. The lowest BCUT2D eigenvalue weighted by atomic mass is 10.2. The summed E-state index contributed by atoms with van der Waals surface area (Å²) >= 11 is 0. The molecule has 1 aliphatic rings. The Morgan fingerprint density at radius 3 is 2.53 bits per heavy atom. The summed E-state index contributed by atoms with van der Waals surface area (Å²) < 4.78 is 7.66. The van der Waals surface area contributed by atoms with Crippen molar-refractivity contribution in [1.29, 1.82) is 0 Å². The monoisotopic (exact) mass is 406 g/mol. The van der Waals surface area contributed by atoms with Crippen LogP contribution in [0.5, 0.6) is 5.75 Å². The van der Waals surface area contributed by atoms with Gasteiger partial charge in [-0.1, -0.05) is 24.3 Å². The molecule has 0 amide bonds. The average molecular weight is 407 g/mol. The van der Waals surface area contributed by atoms with Gasteiger partial charge in [-0.2, -0.15) is 0 Å². The van der Waals surface area contributed by atoms with Crippen molar-refractivity contribution in [2.45, 2.75) is 13.5 Å². The van der Waals surface area contributed by atoms with E-state index in [-0.39, 0.29) is 0 Å². The zero-order valence-corrected chi connectivity index (χ0v) is 18.0. The van der Waals surface area contributed by atoms with Crippen molar-refractivity contribution >= 4 is 22.7 Å². The molecule has 4 rings (SSSR count). The zero-order valence-electron chi connectivity index (χ0n) is 18.0. The van der Waals surface area contributed by atoms with Crippen molar-refractivity contribution in [3.63, 3.8) is 0 Å². The molecule has 1 fully saturated rings. The number of rotatable bonds is 5. The van der Waals surface area contributed by atoms with Crippen LogP contribution in [0.3, 0.4) is 0 Å². The zero-order chi connectivity index (χ0) is 20.9. The van der Waals surface area contributed by atoms with Gasteiger partial charge in [0.15, 0.2) is 5.96 Å². The molecule has 7 heteroatoms. The molecule has 0 bridgehead atoms. The van der Waals surface area contributed by atoms with Gasteiger partial charge in [-0.15, -0.1) is 0 Å². The number of ether oxygens (including phenoxy) is 1. The number of hydrogen-bond acceptors (Lipinski definition) is 4. The molecule has 0 radical (unpaired) electrons. The average Bonchev–Trinajstić information content (AvgIpc) is 3.12. The van der Waals surface area contributed by atoms with Crippen LogP contribution >= 0.6 is 0 Å². The Morgan fingerprint density at radius 2 is 1.80 bits per heavy atom. The van der Waals surface area contributed by atoms with E-state index >= 15 is 0 Å². The predicted octanol–water partition coefficient (Wildman–Crippen LogP) is 2.87. The van der Waals surface area contributed by atoms with Gasteiger partial charge in [-0.3, -0.25) is 0 Å². The number of methoxy groups -OCH3 is 1. The molecule has 158 valence electrons. The number of piperazine rings is 1. The predicted molar refractivity (Wildman–Crippen MR) is 122 cm³/mol. The van der Waals surface area contributed by atoms with Crippen LogP contribution in [-0.4, -0.2) is 60.2 Å². The summed E-state index contributed by atoms with van der Waals surface area (Å²) in [6.07, 6.45) is 0. The Hall–Kier alpha value is -3.22. The number of imidazole rings is 1. The number of aromatic nitrogens is 2. The number of hydrogen-bond donors (Lipinski definition) is 1. The maximum Gasteiger partial charge on any atom is 0.194 e. The standard InChI is InChI=1S/C23H30N6O/c1-4-24-23(25-17-22-26-18-9-5-6-10-19(18)27(22)2)29-15-13-28(14-16-29)20-11-7-8-12-21(20)30-3/h5-12H,4,13-17H2,1-3H3,(H,24,25).